The summed E-state index contributed by atoms with van der Waals surface area (Å²) < 4.78 is 5.50. The second-order valence-corrected chi connectivity index (χ2v) is 4.64. The molecule has 0 aliphatic heterocycles. The molecule has 0 saturated carbocycles. The molecule has 0 saturated heterocycles. The number of nitrogens with one attached hydrogen (secondary N) is 1. The Hall–Kier alpha value is -2.37. The Bertz CT molecular complexity index is 587. The molecule has 6 heteroatoms. The summed E-state index contributed by atoms with van der Waals surface area (Å²) in [6, 6.07) is 7.01. The highest BCUT2D eigenvalue weighted by Gasteiger charge is 2.12. The number of nitrogens with zero attached hydrogens (tertiary/aromatic N) is 1. The molecular weight excluding hydrogens is 260 g/mol. The molecule has 0 bridgehead atoms. The molecule has 0 aliphatic carbocycles. The minimum absolute atomic E-state index is 0.0887. The molecule has 1 atom stereocenters. The molecule has 0 fully saturated rings. The van der Waals surface area contributed by atoms with Crippen molar-refractivity contribution in [3.8, 4) is 0 Å². The highest BCUT2D eigenvalue weighted by molar-refractivity contribution is 5.77. The Labute approximate surface area is 115 Å². The van der Waals surface area contributed by atoms with Gasteiger partial charge in [0, 0.05) is 18.9 Å². The summed E-state index contributed by atoms with van der Waals surface area (Å²) in [5.74, 6) is -0.634. The summed E-state index contributed by atoms with van der Waals surface area (Å²) in [5.41, 5.74) is 1.46. The van der Waals surface area contributed by atoms with Gasteiger partial charge in [-0.15, -0.1) is 0 Å². The molecule has 0 aliphatic rings. The Balaban J connectivity index is 1.85. The number of amides is 1. The van der Waals surface area contributed by atoms with Crippen molar-refractivity contribution in [2.45, 2.75) is 32.2 Å². The lowest BCUT2D eigenvalue weighted by Crippen LogP contribution is -2.34. The molecule has 2 N–H and O–H groups in total. The van der Waals surface area contributed by atoms with E-state index in [1.165, 1.54) is 0 Å². The molecule has 0 radical (unpaired) electrons. The number of oxazole rings is 1. The zero-order chi connectivity index (χ0) is 14.5. The number of para-hydroxylation sites is 2. The van der Waals surface area contributed by atoms with Gasteiger partial charge in [-0.1, -0.05) is 12.1 Å². The quantitative estimate of drug-likeness (QED) is 0.838. The smallest absolute Gasteiger partial charge is 0.305 e. The van der Waals surface area contributed by atoms with Gasteiger partial charge in [0.15, 0.2) is 11.5 Å². The average molecular weight is 276 g/mol. The first kappa shape index (κ1) is 14.0. The molecule has 2 rings (SSSR count). The van der Waals surface area contributed by atoms with E-state index in [0.29, 0.717) is 17.9 Å². The normalized spacial score (nSPS) is 12.2. The molecule has 1 heterocycles. The zero-order valence-electron chi connectivity index (χ0n) is 11.1. The van der Waals surface area contributed by atoms with E-state index in [4.69, 9.17) is 9.52 Å². The van der Waals surface area contributed by atoms with Crippen molar-refractivity contribution < 1.29 is 19.1 Å². The molecule has 2 aromatic rings. The van der Waals surface area contributed by atoms with E-state index in [2.05, 4.69) is 10.3 Å². The number of hydrogen-bond acceptors (Lipinski definition) is 4. The number of carboxylic acids is 1. The summed E-state index contributed by atoms with van der Waals surface area (Å²) in [6.45, 7) is 1.66. The fraction of sp³-hybridized carbons (Fsp3) is 0.357. The summed E-state index contributed by atoms with van der Waals surface area (Å²) in [5, 5.41) is 11.2. The van der Waals surface area contributed by atoms with E-state index in [0.717, 1.165) is 5.52 Å². The lowest BCUT2D eigenvalue weighted by Gasteiger charge is -2.10. The molecule has 0 spiro atoms. The molecule has 106 valence electrons. The molecule has 1 aromatic heterocycles. The van der Waals surface area contributed by atoms with Crippen molar-refractivity contribution in [1.82, 2.24) is 10.3 Å². The molecule has 1 aromatic carbocycles. The minimum atomic E-state index is -0.934. The Kier molecular flexibility index (Phi) is 4.34. The van der Waals surface area contributed by atoms with Crippen LogP contribution in [0.5, 0.6) is 0 Å². The van der Waals surface area contributed by atoms with Crippen molar-refractivity contribution in [1.29, 1.82) is 0 Å². The lowest BCUT2D eigenvalue weighted by atomic mass is 10.2. The van der Waals surface area contributed by atoms with Crippen molar-refractivity contribution in [3.05, 3.63) is 30.2 Å². The SMILES string of the molecule is CC(CC(=O)O)NC(=O)CCc1nc2ccccc2o1. The van der Waals surface area contributed by atoms with Crippen LogP contribution in [0.4, 0.5) is 0 Å². The third-order valence-electron chi connectivity index (χ3n) is 2.79. The topological polar surface area (TPSA) is 92.4 Å². The monoisotopic (exact) mass is 276 g/mol. The Morgan fingerprint density at radius 1 is 1.40 bits per heavy atom. The van der Waals surface area contributed by atoms with Gasteiger partial charge in [-0.25, -0.2) is 4.98 Å². The maximum absolute atomic E-state index is 11.6. The number of carboxylic acid groups (broad SMARTS) is 1. The second-order valence-electron chi connectivity index (χ2n) is 4.64. The van der Waals surface area contributed by atoms with Crippen molar-refractivity contribution in [2.24, 2.45) is 0 Å². The molecular formula is C14H16N2O4. The van der Waals surface area contributed by atoms with Crippen molar-refractivity contribution in [2.75, 3.05) is 0 Å². The van der Waals surface area contributed by atoms with Crippen LogP contribution < -0.4 is 5.32 Å². The highest BCUT2D eigenvalue weighted by Crippen LogP contribution is 2.15. The molecule has 1 amide bonds. The van der Waals surface area contributed by atoms with Gasteiger partial charge in [0.2, 0.25) is 5.91 Å². The van der Waals surface area contributed by atoms with E-state index in [1.54, 1.807) is 6.92 Å². The van der Waals surface area contributed by atoms with Gasteiger partial charge in [-0.2, -0.15) is 0 Å². The summed E-state index contributed by atoms with van der Waals surface area (Å²) >= 11 is 0. The molecule has 1 unspecified atom stereocenters. The van der Waals surface area contributed by atoms with Crippen LogP contribution in [-0.2, 0) is 16.0 Å². The van der Waals surface area contributed by atoms with Gasteiger partial charge in [0.1, 0.15) is 5.52 Å². The Morgan fingerprint density at radius 2 is 2.15 bits per heavy atom. The van der Waals surface area contributed by atoms with Gasteiger partial charge in [-0.05, 0) is 19.1 Å². The third-order valence-corrected chi connectivity index (χ3v) is 2.79. The fourth-order valence-corrected chi connectivity index (χ4v) is 1.91. The summed E-state index contributed by atoms with van der Waals surface area (Å²) in [7, 11) is 0. The minimum Gasteiger partial charge on any atom is -0.481 e. The van der Waals surface area contributed by atoms with Crippen LogP contribution in [0.1, 0.15) is 25.7 Å². The van der Waals surface area contributed by atoms with Crippen molar-refractivity contribution >= 4 is 23.0 Å². The second kappa shape index (κ2) is 6.18. The van der Waals surface area contributed by atoms with Crippen LogP contribution in [0.3, 0.4) is 0 Å². The van der Waals surface area contributed by atoms with Crippen LogP contribution in [-0.4, -0.2) is 28.0 Å². The predicted octanol–water partition coefficient (Wildman–Crippen LogP) is 1.74. The average Bonchev–Trinajstić information content (AvgIpc) is 2.77. The van der Waals surface area contributed by atoms with Gasteiger partial charge in [0.05, 0.1) is 6.42 Å². The summed E-state index contributed by atoms with van der Waals surface area (Å²) in [4.78, 5) is 26.4. The third kappa shape index (κ3) is 3.81. The number of aryl methyl sites for hydroxylation is 1. The highest BCUT2D eigenvalue weighted by atomic mass is 16.4. The van der Waals surface area contributed by atoms with Crippen molar-refractivity contribution in [3.63, 3.8) is 0 Å². The maximum Gasteiger partial charge on any atom is 0.305 e. The predicted molar refractivity (Wildman–Crippen MR) is 72.2 cm³/mol. The molecule has 6 nitrogen and oxygen atoms in total. The maximum atomic E-state index is 11.6. The fourth-order valence-electron chi connectivity index (χ4n) is 1.91. The molecule has 20 heavy (non-hydrogen) atoms. The number of hydrogen-bond donors (Lipinski definition) is 2. The van der Waals surface area contributed by atoms with Crippen LogP contribution >= 0.6 is 0 Å². The van der Waals surface area contributed by atoms with Crippen LogP contribution in [0.2, 0.25) is 0 Å². The Morgan fingerprint density at radius 3 is 2.85 bits per heavy atom. The first-order valence-electron chi connectivity index (χ1n) is 6.40. The summed E-state index contributed by atoms with van der Waals surface area (Å²) in [6.07, 6.45) is 0.520. The lowest BCUT2D eigenvalue weighted by molar-refractivity contribution is -0.137. The zero-order valence-corrected chi connectivity index (χ0v) is 11.1. The standard InChI is InChI=1S/C14H16N2O4/c1-9(8-14(18)19)15-12(17)6-7-13-16-10-4-2-3-5-11(10)20-13/h2-5,9H,6-8H2,1H3,(H,15,17)(H,18,19). The van der Waals surface area contributed by atoms with Crippen LogP contribution in [0, 0.1) is 0 Å². The number of carbonyl (C=O) groups is 2. The number of fused-ring (bicyclic) bond motifs is 1. The van der Waals surface area contributed by atoms with Crippen LogP contribution in [0.15, 0.2) is 28.7 Å². The van der Waals surface area contributed by atoms with E-state index < -0.39 is 5.97 Å². The van der Waals surface area contributed by atoms with Crippen LogP contribution in [0.25, 0.3) is 11.1 Å². The van der Waals surface area contributed by atoms with Gasteiger partial charge in [0.25, 0.3) is 0 Å². The number of aliphatic carboxylic acids is 1. The van der Waals surface area contributed by atoms with E-state index in [1.807, 2.05) is 24.3 Å². The number of benzene rings is 1. The van der Waals surface area contributed by atoms with Gasteiger partial charge < -0.3 is 14.8 Å². The number of rotatable bonds is 6. The largest absolute Gasteiger partial charge is 0.481 e. The van der Waals surface area contributed by atoms with E-state index in [-0.39, 0.29) is 24.8 Å². The van der Waals surface area contributed by atoms with Gasteiger partial charge in [-0.3, -0.25) is 9.59 Å². The first-order valence-corrected chi connectivity index (χ1v) is 6.40. The van der Waals surface area contributed by atoms with E-state index >= 15 is 0 Å². The first-order chi connectivity index (χ1) is 9.54. The van der Waals surface area contributed by atoms with E-state index in [9.17, 15) is 9.59 Å². The number of carbonyl (C=O) groups excluding carboxylic acids is 1. The number of aromatic nitrogens is 1. The van der Waals surface area contributed by atoms with Gasteiger partial charge >= 0.3 is 5.97 Å².